The molecule has 0 bridgehead atoms. The summed E-state index contributed by atoms with van der Waals surface area (Å²) in [6.07, 6.45) is 1.75. The van der Waals surface area contributed by atoms with Gasteiger partial charge in [-0.2, -0.15) is 0 Å². The van der Waals surface area contributed by atoms with Crippen LogP contribution in [0.1, 0.15) is 54.4 Å². The highest BCUT2D eigenvalue weighted by atomic mass is 16.4. The lowest BCUT2D eigenvalue weighted by Gasteiger charge is -2.15. The molecule has 1 N–H and O–H groups in total. The van der Waals surface area contributed by atoms with Gasteiger partial charge in [0.1, 0.15) is 0 Å². The van der Waals surface area contributed by atoms with Crippen LogP contribution in [0.3, 0.4) is 0 Å². The average molecular weight is 273 g/mol. The van der Waals surface area contributed by atoms with Crippen LogP contribution in [-0.2, 0) is 6.54 Å². The highest BCUT2D eigenvalue weighted by Crippen LogP contribution is 2.25. The number of aromatic carboxylic acids is 1. The molecule has 1 aromatic carbocycles. The van der Waals surface area contributed by atoms with Gasteiger partial charge >= 0.3 is 5.97 Å². The lowest BCUT2D eigenvalue weighted by Crippen LogP contribution is -2.13. The van der Waals surface area contributed by atoms with Gasteiger partial charge in [-0.1, -0.05) is 49.4 Å². The third kappa shape index (κ3) is 2.87. The van der Waals surface area contributed by atoms with Crippen molar-refractivity contribution in [3.05, 3.63) is 47.3 Å². The first-order chi connectivity index (χ1) is 9.67. The monoisotopic (exact) mass is 273 g/mol. The molecule has 20 heavy (non-hydrogen) atoms. The van der Waals surface area contributed by atoms with Crippen LogP contribution in [0.15, 0.2) is 30.3 Å². The number of carboxylic acid groups (broad SMARTS) is 1. The molecule has 0 aliphatic rings. The topological polar surface area (TPSA) is 68.0 Å². The van der Waals surface area contributed by atoms with Crippen molar-refractivity contribution in [2.75, 3.05) is 0 Å². The summed E-state index contributed by atoms with van der Waals surface area (Å²) >= 11 is 0. The Morgan fingerprint density at radius 1 is 1.25 bits per heavy atom. The van der Waals surface area contributed by atoms with Gasteiger partial charge in [0.05, 0.1) is 12.2 Å². The summed E-state index contributed by atoms with van der Waals surface area (Å²) in [5.41, 5.74) is 1.89. The molecule has 106 valence electrons. The van der Waals surface area contributed by atoms with E-state index in [1.54, 1.807) is 4.68 Å². The summed E-state index contributed by atoms with van der Waals surface area (Å²) in [7, 11) is 0. The van der Waals surface area contributed by atoms with Crippen LogP contribution >= 0.6 is 0 Å². The highest BCUT2D eigenvalue weighted by molar-refractivity contribution is 5.86. The second kappa shape index (κ2) is 6.32. The van der Waals surface area contributed by atoms with E-state index in [2.05, 4.69) is 24.2 Å². The predicted molar refractivity (Wildman–Crippen MR) is 75.8 cm³/mol. The molecule has 0 aliphatic heterocycles. The standard InChI is InChI=1S/C15H19N3O2/c1-3-12(4-2)14-13(15(19)20)16-17-18(14)10-11-8-6-5-7-9-11/h5-9,12H,3-4,10H2,1-2H3,(H,19,20). The molecule has 0 amide bonds. The van der Waals surface area contributed by atoms with E-state index in [-0.39, 0.29) is 11.6 Å². The molecule has 2 rings (SSSR count). The minimum atomic E-state index is -1.01. The largest absolute Gasteiger partial charge is 0.476 e. The van der Waals surface area contributed by atoms with Crippen LogP contribution in [0.2, 0.25) is 0 Å². The Hall–Kier alpha value is -2.17. The van der Waals surface area contributed by atoms with Crippen LogP contribution in [0.25, 0.3) is 0 Å². The number of nitrogens with zero attached hydrogens (tertiary/aromatic N) is 3. The third-order valence-electron chi connectivity index (χ3n) is 3.52. The fraction of sp³-hybridized carbons (Fsp3) is 0.400. The van der Waals surface area contributed by atoms with Gasteiger partial charge in [-0.15, -0.1) is 5.10 Å². The second-order valence-electron chi connectivity index (χ2n) is 4.79. The number of rotatable bonds is 6. The molecule has 1 heterocycles. The van der Waals surface area contributed by atoms with Crippen LogP contribution in [0.5, 0.6) is 0 Å². The molecule has 0 fully saturated rings. The number of aromatic nitrogens is 3. The zero-order valence-electron chi connectivity index (χ0n) is 11.8. The third-order valence-corrected chi connectivity index (χ3v) is 3.52. The van der Waals surface area contributed by atoms with E-state index in [0.717, 1.165) is 24.1 Å². The van der Waals surface area contributed by atoms with Gasteiger partial charge < -0.3 is 5.11 Å². The Balaban J connectivity index is 2.40. The fourth-order valence-corrected chi connectivity index (χ4v) is 2.43. The first-order valence-corrected chi connectivity index (χ1v) is 6.87. The zero-order chi connectivity index (χ0) is 14.5. The first kappa shape index (κ1) is 14.2. The lowest BCUT2D eigenvalue weighted by molar-refractivity contribution is 0.0688. The van der Waals surface area contributed by atoms with Crippen molar-refractivity contribution >= 4 is 5.97 Å². The normalized spacial score (nSPS) is 10.9. The van der Waals surface area contributed by atoms with Crippen LogP contribution in [-0.4, -0.2) is 26.1 Å². The molecule has 1 aromatic heterocycles. The Kier molecular flexibility index (Phi) is 4.50. The Labute approximate surface area is 118 Å². The quantitative estimate of drug-likeness (QED) is 0.878. The fourth-order valence-electron chi connectivity index (χ4n) is 2.43. The van der Waals surface area contributed by atoms with Gasteiger partial charge in [0.25, 0.3) is 0 Å². The smallest absolute Gasteiger partial charge is 0.358 e. The molecule has 0 saturated carbocycles. The zero-order valence-corrected chi connectivity index (χ0v) is 11.8. The molecule has 0 saturated heterocycles. The average Bonchev–Trinajstić information content (AvgIpc) is 2.86. The SMILES string of the molecule is CCC(CC)c1c(C(=O)O)nnn1Cc1ccccc1. The van der Waals surface area contributed by atoms with Gasteiger partial charge in [-0.25, -0.2) is 9.48 Å². The van der Waals surface area contributed by atoms with Crippen molar-refractivity contribution in [3.63, 3.8) is 0 Å². The Morgan fingerprint density at radius 2 is 1.90 bits per heavy atom. The highest BCUT2D eigenvalue weighted by Gasteiger charge is 2.24. The van der Waals surface area contributed by atoms with Crippen LogP contribution < -0.4 is 0 Å². The molecule has 0 radical (unpaired) electrons. The molecular formula is C15H19N3O2. The van der Waals surface area contributed by atoms with Gasteiger partial charge in [0.15, 0.2) is 5.69 Å². The number of carboxylic acids is 1. The summed E-state index contributed by atoms with van der Waals surface area (Å²) in [4.78, 5) is 11.3. The predicted octanol–water partition coefficient (Wildman–Crippen LogP) is 2.93. The number of benzene rings is 1. The minimum absolute atomic E-state index is 0.0784. The lowest BCUT2D eigenvalue weighted by atomic mass is 9.97. The van der Waals surface area contributed by atoms with E-state index < -0.39 is 5.97 Å². The van der Waals surface area contributed by atoms with E-state index in [1.165, 1.54) is 0 Å². The summed E-state index contributed by atoms with van der Waals surface area (Å²) in [6.45, 7) is 4.66. The minimum Gasteiger partial charge on any atom is -0.476 e. The first-order valence-electron chi connectivity index (χ1n) is 6.87. The second-order valence-corrected chi connectivity index (χ2v) is 4.79. The van der Waals surface area contributed by atoms with Crippen LogP contribution in [0.4, 0.5) is 0 Å². The van der Waals surface area contributed by atoms with Gasteiger partial charge in [-0.05, 0) is 18.4 Å². The molecule has 5 heteroatoms. The van der Waals surface area contributed by atoms with Gasteiger partial charge in [0, 0.05) is 5.92 Å². The molecule has 0 aliphatic carbocycles. The Morgan fingerprint density at radius 3 is 2.45 bits per heavy atom. The van der Waals surface area contributed by atoms with Crippen molar-refractivity contribution < 1.29 is 9.90 Å². The van der Waals surface area contributed by atoms with Crippen molar-refractivity contribution in [3.8, 4) is 0 Å². The maximum absolute atomic E-state index is 11.3. The summed E-state index contributed by atoms with van der Waals surface area (Å²) in [5.74, 6) is -0.842. The maximum atomic E-state index is 11.3. The van der Waals surface area contributed by atoms with Crippen molar-refractivity contribution in [2.45, 2.75) is 39.2 Å². The van der Waals surface area contributed by atoms with Gasteiger partial charge in [-0.3, -0.25) is 0 Å². The van der Waals surface area contributed by atoms with E-state index in [9.17, 15) is 9.90 Å². The van der Waals surface area contributed by atoms with Crippen molar-refractivity contribution in [2.24, 2.45) is 0 Å². The molecule has 0 atom stereocenters. The van der Waals surface area contributed by atoms with Crippen molar-refractivity contribution in [1.82, 2.24) is 15.0 Å². The van der Waals surface area contributed by atoms with E-state index in [4.69, 9.17) is 0 Å². The number of hydrogen-bond donors (Lipinski definition) is 1. The maximum Gasteiger partial charge on any atom is 0.358 e. The summed E-state index contributed by atoms with van der Waals surface area (Å²) in [6, 6.07) is 9.87. The molecule has 0 spiro atoms. The van der Waals surface area contributed by atoms with Gasteiger partial charge in [0.2, 0.25) is 0 Å². The van der Waals surface area contributed by atoms with E-state index in [1.807, 2.05) is 30.3 Å². The molecule has 0 unspecified atom stereocenters. The van der Waals surface area contributed by atoms with Crippen molar-refractivity contribution in [1.29, 1.82) is 0 Å². The number of hydrogen-bond acceptors (Lipinski definition) is 3. The molecular weight excluding hydrogens is 254 g/mol. The van der Waals surface area contributed by atoms with E-state index >= 15 is 0 Å². The Bertz CT molecular complexity index is 574. The molecule has 5 nitrogen and oxygen atoms in total. The van der Waals surface area contributed by atoms with E-state index in [0.29, 0.717) is 6.54 Å². The summed E-state index contributed by atoms with van der Waals surface area (Å²) < 4.78 is 1.72. The molecule has 2 aromatic rings. The number of carbonyl (C=O) groups is 1. The summed E-state index contributed by atoms with van der Waals surface area (Å²) in [5, 5.41) is 17.1. The van der Waals surface area contributed by atoms with Crippen LogP contribution in [0, 0.1) is 0 Å².